The number of nitrogens with two attached hydrogens (primary N) is 1. The molecule has 4 rings (SSSR count). The van der Waals surface area contributed by atoms with Crippen molar-refractivity contribution in [3.8, 4) is 10.6 Å². The summed E-state index contributed by atoms with van der Waals surface area (Å²) in [6.07, 6.45) is 1.61. The van der Waals surface area contributed by atoms with Crippen molar-refractivity contribution in [1.82, 2.24) is 20.5 Å². The summed E-state index contributed by atoms with van der Waals surface area (Å²) >= 11 is 0.865. The van der Waals surface area contributed by atoms with Crippen molar-refractivity contribution in [1.29, 1.82) is 0 Å². The van der Waals surface area contributed by atoms with Gasteiger partial charge in [-0.15, -0.1) is 0 Å². The third kappa shape index (κ3) is 3.91. The third-order valence-electron chi connectivity index (χ3n) is 5.30. The van der Waals surface area contributed by atoms with Crippen molar-refractivity contribution in [2.45, 2.75) is 13.0 Å². The first kappa shape index (κ1) is 21.3. The number of quaternary nitrogens is 1. The van der Waals surface area contributed by atoms with Gasteiger partial charge in [-0.3, -0.25) is 4.79 Å². The molecule has 2 aliphatic heterocycles. The summed E-state index contributed by atoms with van der Waals surface area (Å²) in [6, 6.07) is 3.76. The van der Waals surface area contributed by atoms with Gasteiger partial charge in [0.05, 0.1) is 19.7 Å². The van der Waals surface area contributed by atoms with Crippen LogP contribution >= 0.6 is 11.3 Å². The van der Waals surface area contributed by atoms with Gasteiger partial charge < -0.3 is 21.3 Å². The number of nitrogens with one attached hydrogen (secondary N) is 2. The second-order valence-corrected chi connectivity index (χ2v) is 8.94. The maximum Gasteiger partial charge on any atom is 0.277 e. The van der Waals surface area contributed by atoms with E-state index in [0.29, 0.717) is 5.70 Å². The Labute approximate surface area is 182 Å². The molecule has 0 radical (unpaired) electrons. The molecule has 0 saturated carbocycles. The maximum absolute atomic E-state index is 14.1. The number of carbonyl (C=O) groups excluding carboxylic acids is 1. The van der Waals surface area contributed by atoms with Crippen LogP contribution in [-0.2, 0) is 0 Å². The number of allylic oxidation sites excluding steroid dienone is 1. The lowest BCUT2D eigenvalue weighted by Crippen LogP contribution is -2.54. The fraction of sp³-hybridized carbons (Fsp3) is 0.350. The van der Waals surface area contributed by atoms with Crippen molar-refractivity contribution in [2.75, 3.05) is 39.5 Å². The van der Waals surface area contributed by atoms with Gasteiger partial charge in [0.25, 0.3) is 11.7 Å². The van der Waals surface area contributed by atoms with Gasteiger partial charge in [-0.1, -0.05) is 22.5 Å². The first-order chi connectivity index (χ1) is 14.7. The number of hydrogen-bond acceptors (Lipinski definition) is 7. The summed E-state index contributed by atoms with van der Waals surface area (Å²) in [7, 11) is 3.85. The van der Waals surface area contributed by atoms with Gasteiger partial charge in [0.2, 0.25) is 0 Å². The molecule has 1 saturated heterocycles. The highest BCUT2D eigenvalue weighted by Crippen LogP contribution is 2.34. The topological polar surface area (TPSA) is 95.6 Å². The molecule has 8 nitrogen and oxygen atoms in total. The Morgan fingerprint density at radius 2 is 2.06 bits per heavy atom. The summed E-state index contributed by atoms with van der Waals surface area (Å²) in [5, 5.41) is 10.8. The number of amides is 1. The number of aromatic nitrogens is 1. The highest BCUT2D eigenvalue weighted by Gasteiger charge is 2.39. The molecule has 0 spiro atoms. The Kier molecular flexibility index (Phi) is 5.50. The monoisotopic (exact) mass is 448 g/mol. The van der Waals surface area contributed by atoms with Gasteiger partial charge in [-0.05, 0) is 19.1 Å². The second kappa shape index (κ2) is 7.98. The van der Waals surface area contributed by atoms with Gasteiger partial charge in [0, 0.05) is 25.7 Å². The van der Waals surface area contributed by atoms with E-state index in [1.165, 1.54) is 6.07 Å². The van der Waals surface area contributed by atoms with Crippen LogP contribution in [0.2, 0.25) is 0 Å². The van der Waals surface area contributed by atoms with E-state index < -0.39 is 17.5 Å². The average Bonchev–Trinajstić information content (AvgIpc) is 3.22. The average molecular weight is 449 g/mol. The SMILES string of the molecule is C[C@@H]1CNCCN1C1=C(NC(=O)c2nc(-c3c(F)cccc3F)sc2N)C=N[N+]1(C)C. The molecule has 1 aromatic heterocycles. The second-order valence-electron chi connectivity index (χ2n) is 7.91. The first-order valence-electron chi connectivity index (χ1n) is 9.83. The fourth-order valence-electron chi connectivity index (χ4n) is 3.81. The number of rotatable bonds is 4. The minimum atomic E-state index is -0.764. The number of thiazole rings is 1. The lowest BCUT2D eigenvalue weighted by atomic mass is 10.2. The summed E-state index contributed by atoms with van der Waals surface area (Å²) in [5.74, 6) is -1.22. The first-order valence-corrected chi connectivity index (χ1v) is 10.6. The van der Waals surface area contributed by atoms with E-state index in [0.717, 1.165) is 48.9 Å². The summed E-state index contributed by atoms with van der Waals surface area (Å²) in [4.78, 5) is 19.3. The highest BCUT2D eigenvalue weighted by atomic mass is 32.1. The van der Waals surface area contributed by atoms with E-state index in [9.17, 15) is 13.6 Å². The van der Waals surface area contributed by atoms with E-state index in [-0.39, 0.29) is 31.9 Å². The van der Waals surface area contributed by atoms with E-state index in [4.69, 9.17) is 5.73 Å². The van der Waals surface area contributed by atoms with E-state index >= 15 is 0 Å². The molecule has 2 aromatic rings. The predicted molar refractivity (Wildman–Crippen MR) is 116 cm³/mol. The van der Waals surface area contributed by atoms with Crippen molar-refractivity contribution in [2.24, 2.45) is 5.10 Å². The van der Waals surface area contributed by atoms with Crippen LogP contribution in [0.5, 0.6) is 0 Å². The number of halogens is 2. The number of carbonyl (C=O) groups is 1. The highest BCUT2D eigenvalue weighted by molar-refractivity contribution is 7.19. The predicted octanol–water partition coefficient (Wildman–Crippen LogP) is 1.94. The molecular formula is C20H24F2N7OS+. The number of nitrogens with zero attached hydrogens (tertiary/aromatic N) is 4. The smallest absolute Gasteiger partial charge is 0.277 e. The number of hydrogen-bond donors (Lipinski definition) is 3. The number of anilines is 1. The Balaban J connectivity index is 1.65. The molecule has 1 fully saturated rings. The van der Waals surface area contributed by atoms with Crippen molar-refractivity contribution in [3.05, 3.63) is 47.0 Å². The fourth-order valence-corrected chi connectivity index (χ4v) is 4.68. The van der Waals surface area contributed by atoms with Gasteiger partial charge in [-0.25, -0.2) is 13.8 Å². The van der Waals surface area contributed by atoms with Crippen LogP contribution in [0.3, 0.4) is 0 Å². The molecule has 164 valence electrons. The van der Waals surface area contributed by atoms with Gasteiger partial charge in [0.1, 0.15) is 33.6 Å². The summed E-state index contributed by atoms with van der Waals surface area (Å²) in [5.41, 5.74) is 6.16. The van der Waals surface area contributed by atoms with Crippen LogP contribution in [0, 0.1) is 11.6 Å². The quantitative estimate of drug-likeness (QED) is 0.622. The number of nitrogen functional groups attached to an aromatic ring is 1. The van der Waals surface area contributed by atoms with E-state index in [2.05, 4.69) is 32.5 Å². The molecule has 2 aliphatic rings. The molecule has 3 heterocycles. The lowest BCUT2D eigenvalue weighted by molar-refractivity contribution is -0.865. The van der Waals surface area contributed by atoms with E-state index in [1.54, 1.807) is 6.21 Å². The minimum Gasteiger partial charge on any atom is -0.389 e. The normalized spacial score (nSPS) is 20.4. The van der Waals surface area contributed by atoms with Crippen LogP contribution in [0.4, 0.5) is 13.8 Å². The maximum atomic E-state index is 14.1. The van der Waals surface area contributed by atoms with Crippen LogP contribution in [0.25, 0.3) is 10.6 Å². The van der Waals surface area contributed by atoms with Crippen molar-refractivity contribution in [3.63, 3.8) is 0 Å². The molecule has 1 aromatic carbocycles. The molecule has 11 heteroatoms. The summed E-state index contributed by atoms with van der Waals surface area (Å²) < 4.78 is 28.5. The number of piperazine rings is 1. The minimum absolute atomic E-state index is 0.0133. The molecule has 0 bridgehead atoms. The van der Waals surface area contributed by atoms with Gasteiger partial charge >= 0.3 is 0 Å². The molecular weight excluding hydrogens is 424 g/mol. The van der Waals surface area contributed by atoms with Crippen LogP contribution < -0.4 is 16.4 Å². The largest absolute Gasteiger partial charge is 0.389 e. The molecule has 4 N–H and O–H groups in total. The Morgan fingerprint density at radius 3 is 2.74 bits per heavy atom. The van der Waals surface area contributed by atoms with E-state index in [1.807, 2.05) is 14.1 Å². The zero-order chi connectivity index (χ0) is 22.3. The molecule has 1 atom stereocenters. The van der Waals surface area contributed by atoms with Crippen molar-refractivity contribution >= 4 is 28.5 Å². The Bertz CT molecular complexity index is 1070. The Morgan fingerprint density at radius 1 is 1.35 bits per heavy atom. The Hall–Kier alpha value is -2.89. The third-order valence-corrected chi connectivity index (χ3v) is 6.20. The zero-order valence-corrected chi connectivity index (χ0v) is 18.3. The number of benzene rings is 1. The van der Waals surface area contributed by atoms with Gasteiger partial charge in [0.15, 0.2) is 5.69 Å². The zero-order valence-electron chi connectivity index (χ0n) is 17.4. The lowest BCUT2D eigenvalue weighted by Gasteiger charge is -2.39. The van der Waals surface area contributed by atoms with Crippen LogP contribution in [0.15, 0.2) is 34.8 Å². The molecule has 0 unspecified atom stereocenters. The van der Waals surface area contributed by atoms with Crippen LogP contribution in [-0.4, -0.2) is 66.4 Å². The standard InChI is InChI=1S/C20H23F2N7OS/c1-11-9-24-7-8-28(11)20-14(10-25-29(20,2)3)26-18(30)16-17(23)31-19(27-16)15-12(21)5-4-6-13(15)22/h4-6,10-11,24H,7-9H2,1-3H3,(H2-,23,26,30)/p+1/t11-/m1/s1. The van der Waals surface area contributed by atoms with Gasteiger partial charge in [-0.2, -0.15) is 4.59 Å². The molecule has 1 amide bonds. The summed E-state index contributed by atoms with van der Waals surface area (Å²) in [6.45, 7) is 4.52. The molecule has 0 aliphatic carbocycles. The van der Waals surface area contributed by atoms with Crippen molar-refractivity contribution < 1.29 is 18.2 Å². The molecule has 31 heavy (non-hydrogen) atoms. The van der Waals surface area contributed by atoms with Crippen LogP contribution in [0.1, 0.15) is 17.4 Å².